The van der Waals surface area contributed by atoms with E-state index in [4.69, 9.17) is 5.11 Å². The summed E-state index contributed by atoms with van der Waals surface area (Å²) in [7, 11) is 1.85. The predicted octanol–water partition coefficient (Wildman–Crippen LogP) is 0.919. The first-order chi connectivity index (χ1) is 7.06. The SMILES string of the molecule is CCc1nn(C)c(CNCC(=O)O)c1Br. The molecule has 0 amide bonds. The molecule has 0 saturated carbocycles. The highest BCUT2D eigenvalue weighted by Gasteiger charge is 2.11. The van der Waals surface area contributed by atoms with Crippen molar-refractivity contribution in [3.63, 3.8) is 0 Å². The van der Waals surface area contributed by atoms with E-state index in [0.29, 0.717) is 6.54 Å². The van der Waals surface area contributed by atoms with Crippen molar-refractivity contribution in [3.05, 3.63) is 15.9 Å². The monoisotopic (exact) mass is 275 g/mol. The summed E-state index contributed by atoms with van der Waals surface area (Å²) in [5.74, 6) is -0.857. The van der Waals surface area contributed by atoms with Crippen LogP contribution < -0.4 is 5.32 Å². The lowest BCUT2D eigenvalue weighted by Crippen LogP contribution is -2.23. The quantitative estimate of drug-likeness (QED) is 0.839. The second kappa shape index (κ2) is 5.27. The second-order valence-electron chi connectivity index (χ2n) is 3.18. The van der Waals surface area contributed by atoms with Gasteiger partial charge in [0.15, 0.2) is 0 Å². The van der Waals surface area contributed by atoms with Crippen LogP contribution in [0.25, 0.3) is 0 Å². The molecule has 0 fully saturated rings. The van der Waals surface area contributed by atoms with E-state index in [1.807, 2.05) is 14.0 Å². The number of nitrogens with zero attached hydrogens (tertiary/aromatic N) is 2. The van der Waals surface area contributed by atoms with Gasteiger partial charge in [-0.3, -0.25) is 9.48 Å². The maximum absolute atomic E-state index is 10.3. The van der Waals surface area contributed by atoms with Crippen molar-refractivity contribution < 1.29 is 9.90 Å². The molecule has 0 spiro atoms. The molecule has 0 aromatic carbocycles. The molecule has 15 heavy (non-hydrogen) atoms. The van der Waals surface area contributed by atoms with Crippen LogP contribution in [0.5, 0.6) is 0 Å². The molecule has 84 valence electrons. The highest BCUT2D eigenvalue weighted by Crippen LogP contribution is 2.21. The summed E-state index contributed by atoms with van der Waals surface area (Å²) in [5, 5.41) is 15.6. The van der Waals surface area contributed by atoms with Gasteiger partial charge < -0.3 is 10.4 Å². The Kier molecular flexibility index (Phi) is 4.28. The minimum atomic E-state index is -0.857. The maximum atomic E-state index is 10.3. The number of carbonyl (C=O) groups is 1. The predicted molar refractivity (Wildman–Crippen MR) is 59.6 cm³/mol. The third-order valence-electron chi connectivity index (χ3n) is 2.07. The van der Waals surface area contributed by atoms with Crippen molar-refractivity contribution in [2.75, 3.05) is 6.54 Å². The molecule has 1 aromatic heterocycles. The third kappa shape index (κ3) is 3.04. The molecular weight excluding hydrogens is 262 g/mol. The summed E-state index contributed by atoms with van der Waals surface area (Å²) >= 11 is 3.46. The standard InChI is InChI=1S/C9H14BrN3O2/c1-3-6-9(10)7(13(2)12-6)4-11-5-8(14)15/h11H,3-5H2,1-2H3,(H,14,15). The molecule has 0 atom stereocenters. The van der Waals surface area contributed by atoms with Crippen molar-refractivity contribution in [1.82, 2.24) is 15.1 Å². The second-order valence-corrected chi connectivity index (χ2v) is 3.97. The van der Waals surface area contributed by atoms with Gasteiger partial charge in [-0.15, -0.1) is 0 Å². The van der Waals surface area contributed by atoms with E-state index in [2.05, 4.69) is 26.3 Å². The number of carboxylic acid groups (broad SMARTS) is 1. The lowest BCUT2D eigenvalue weighted by Gasteiger charge is -2.03. The Morgan fingerprint density at radius 2 is 2.33 bits per heavy atom. The Labute approximate surface area is 96.6 Å². The normalized spacial score (nSPS) is 10.6. The summed E-state index contributed by atoms with van der Waals surface area (Å²) in [5.41, 5.74) is 1.96. The van der Waals surface area contributed by atoms with Gasteiger partial charge in [-0.05, 0) is 22.4 Å². The van der Waals surface area contributed by atoms with Gasteiger partial charge in [-0.25, -0.2) is 0 Å². The van der Waals surface area contributed by atoms with Gasteiger partial charge in [0.1, 0.15) is 0 Å². The number of halogens is 1. The number of aryl methyl sites for hydroxylation is 2. The number of carboxylic acids is 1. The van der Waals surface area contributed by atoms with E-state index in [1.165, 1.54) is 0 Å². The van der Waals surface area contributed by atoms with E-state index in [9.17, 15) is 4.79 Å². The zero-order valence-corrected chi connectivity index (χ0v) is 10.3. The largest absolute Gasteiger partial charge is 0.480 e. The number of rotatable bonds is 5. The molecule has 0 bridgehead atoms. The Morgan fingerprint density at radius 1 is 1.67 bits per heavy atom. The first-order valence-corrected chi connectivity index (χ1v) is 5.48. The minimum absolute atomic E-state index is 0.0426. The van der Waals surface area contributed by atoms with Crippen LogP contribution in [0, 0.1) is 0 Å². The van der Waals surface area contributed by atoms with E-state index in [1.54, 1.807) is 4.68 Å². The average molecular weight is 276 g/mol. The lowest BCUT2D eigenvalue weighted by atomic mass is 10.3. The van der Waals surface area contributed by atoms with E-state index in [-0.39, 0.29) is 6.54 Å². The fraction of sp³-hybridized carbons (Fsp3) is 0.556. The van der Waals surface area contributed by atoms with E-state index < -0.39 is 5.97 Å². The molecule has 0 aliphatic carbocycles. The number of hydrogen-bond donors (Lipinski definition) is 2. The van der Waals surface area contributed by atoms with Crippen molar-refractivity contribution in [3.8, 4) is 0 Å². The molecule has 1 aromatic rings. The number of nitrogens with one attached hydrogen (secondary N) is 1. The topological polar surface area (TPSA) is 67.2 Å². The molecule has 0 aliphatic rings. The Balaban J connectivity index is 2.68. The summed E-state index contributed by atoms with van der Waals surface area (Å²) < 4.78 is 2.72. The van der Waals surface area contributed by atoms with Gasteiger partial charge in [-0.2, -0.15) is 5.10 Å². The van der Waals surface area contributed by atoms with Crippen LogP contribution in [0.1, 0.15) is 18.3 Å². The molecule has 5 nitrogen and oxygen atoms in total. The van der Waals surface area contributed by atoms with Crippen LogP contribution in [-0.2, 0) is 24.8 Å². The zero-order valence-electron chi connectivity index (χ0n) is 8.75. The fourth-order valence-electron chi connectivity index (χ4n) is 1.30. The third-order valence-corrected chi connectivity index (χ3v) is 2.99. The van der Waals surface area contributed by atoms with E-state index >= 15 is 0 Å². The summed E-state index contributed by atoms with van der Waals surface area (Å²) in [4.78, 5) is 10.3. The van der Waals surface area contributed by atoms with Crippen molar-refractivity contribution >= 4 is 21.9 Å². The molecule has 6 heteroatoms. The maximum Gasteiger partial charge on any atom is 0.317 e. The van der Waals surface area contributed by atoms with Crippen LogP contribution in [0.15, 0.2) is 4.47 Å². The number of hydrogen-bond acceptors (Lipinski definition) is 3. The molecule has 0 saturated heterocycles. The minimum Gasteiger partial charge on any atom is -0.480 e. The Morgan fingerprint density at radius 3 is 2.80 bits per heavy atom. The van der Waals surface area contributed by atoms with E-state index in [0.717, 1.165) is 22.3 Å². The molecule has 1 rings (SSSR count). The van der Waals surface area contributed by atoms with Crippen LogP contribution >= 0.6 is 15.9 Å². The Bertz CT molecular complexity index is 362. The van der Waals surface area contributed by atoms with Gasteiger partial charge in [0.05, 0.1) is 22.4 Å². The lowest BCUT2D eigenvalue weighted by molar-refractivity contribution is -0.136. The molecule has 2 N–H and O–H groups in total. The van der Waals surface area contributed by atoms with Crippen molar-refractivity contribution in [2.24, 2.45) is 7.05 Å². The number of aliphatic carboxylic acids is 1. The zero-order chi connectivity index (χ0) is 11.4. The average Bonchev–Trinajstić information content (AvgIpc) is 2.44. The van der Waals surface area contributed by atoms with Gasteiger partial charge in [0.25, 0.3) is 0 Å². The van der Waals surface area contributed by atoms with Gasteiger partial charge in [-0.1, -0.05) is 6.92 Å². The van der Waals surface area contributed by atoms with Crippen molar-refractivity contribution in [2.45, 2.75) is 19.9 Å². The molecule has 1 heterocycles. The van der Waals surface area contributed by atoms with Crippen molar-refractivity contribution in [1.29, 1.82) is 0 Å². The molecule has 0 radical (unpaired) electrons. The highest BCUT2D eigenvalue weighted by molar-refractivity contribution is 9.10. The van der Waals surface area contributed by atoms with Crippen LogP contribution in [-0.4, -0.2) is 27.4 Å². The summed E-state index contributed by atoms with van der Waals surface area (Å²) in [6, 6.07) is 0. The molecule has 0 unspecified atom stereocenters. The molecular formula is C9H14BrN3O2. The summed E-state index contributed by atoms with van der Waals surface area (Å²) in [6.07, 6.45) is 0.855. The smallest absolute Gasteiger partial charge is 0.317 e. The highest BCUT2D eigenvalue weighted by atomic mass is 79.9. The van der Waals surface area contributed by atoms with Gasteiger partial charge in [0, 0.05) is 13.6 Å². The molecule has 0 aliphatic heterocycles. The van der Waals surface area contributed by atoms with Crippen LogP contribution in [0.3, 0.4) is 0 Å². The first kappa shape index (κ1) is 12.2. The van der Waals surface area contributed by atoms with Gasteiger partial charge >= 0.3 is 5.97 Å². The number of aromatic nitrogens is 2. The summed E-state index contributed by atoms with van der Waals surface area (Å²) in [6.45, 7) is 2.48. The Hall–Kier alpha value is -0.880. The van der Waals surface area contributed by atoms with Gasteiger partial charge in [0.2, 0.25) is 0 Å². The van der Waals surface area contributed by atoms with Crippen LogP contribution in [0.4, 0.5) is 0 Å². The van der Waals surface area contributed by atoms with Crippen LogP contribution in [0.2, 0.25) is 0 Å². The fourth-order valence-corrected chi connectivity index (χ4v) is 2.06. The first-order valence-electron chi connectivity index (χ1n) is 4.69.